The molecular formula is C21H18N2O5S. The summed E-state index contributed by atoms with van der Waals surface area (Å²) in [5, 5.41) is 14.2. The fourth-order valence-corrected chi connectivity index (χ4v) is 4.16. The van der Waals surface area contributed by atoms with Gasteiger partial charge in [0, 0.05) is 17.4 Å². The van der Waals surface area contributed by atoms with Crippen LogP contribution in [0.1, 0.15) is 36.7 Å². The summed E-state index contributed by atoms with van der Waals surface area (Å²) in [4.78, 5) is 36.6. The molecule has 0 radical (unpaired) electrons. The van der Waals surface area contributed by atoms with Crippen molar-refractivity contribution >= 4 is 33.9 Å². The van der Waals surface area contributed by atoms with E-state index in [1.807, 2.05) is 30.3 Å². The molecule has 1 heterocycles. The largest absolute Gasteiger partial charge is 0.465 e. The topological polar surface area (TPSA) is 98.5 Å². The van der Waals surface area contributed by atoms with E-state index in [0.29, 0.717) is 17.0 Å². The Bertz CT molecular complexity index is 1080. The van der Waals surface area contributed by atoms with Crippen molar-refractivity contribution in [2.45, 2.75) is 13.3 Å². The fraction of sp³-hybridized carbons (Fsp3) is 0.143. The smallest absolute Gasteiger partial charge is 0.341 e. The lowest BCUT2D eigenvalue weighted by atomic mass is 10.1. The van der Waals surface area contributed by atoms with E-state index < -0.39 is 16.8 Å². The van der Waals surface area contributed by atoms with Crippen LogP contribution in [0.4, 0.5) is 10.7 Å². The standard InChI is InChI=1S/C21H18N2O5S/c1-13-17(12-14-8-4-3-5-9-14)29-20(18(13)21(25)28-2)22-19(24)15-10-6-7-11-16(15)23(26)27/h3-11H,12H2,1-2H3,(H,22,24). The van der Waals surface area contributed by atoms with Gasteiger partial charge in [-0.3, -0.25) is 14.9 Å². The predicted molar refractivity (Wildman–Crippen MR) is 111 cm³/mol. The summed E-state index contributed by atoms with van der Waals surface area (Å²) in [5.74, 6) is -1.23. The van der Waals surface area contributed by atoms with Gasteiger partial charge in [-0.2, -0.15) is 0 Å². The van der Waals surface area contributed by atoms with Crippen molar-refractivity contribution in [3.63, 3.8) is 0 Å². The summed E-state index contributed by atoms with van der Waals surface area (Å²) in [6.45, 7) is 1.79. The minimum absolute atomic E-state index is 0.0796. The Morgan fingerprint density at radius 1 is 1.10 bits per heavy atom. The van der Waals surface area contributed by atoms with Crippen LogP contribution in [0.25, 0.3) is 0 Å². The molecule has 0 atom stereocenters. The molecule has 29 heavy (non-hydrogen) atoms. The van der Waals surface area contributed by atoms with E-state index in [0.717, 1.165) is 10.4 Å². The van der Waals surface area contributed by atoms with E-state index >= 15 is 0 Å². The number of nitrogens with one attached hydrogen (secondary N) is 1. The van der Waals surface area contributed by atoms with Crippen LogP contribution in [0.2, 0.25) is 0 Å². The number of rotatable bonds is 6. The Morgan fingerprint density at radius 2 is 1.76 bits per heavy atom. The lowest BCUT2D eigenvalue weighted by Gasteiger charge is -2.06. The van der Waals surface area contributed by atoms with Crippen molar-refractivity contribution in [3.8, 4) is 0 Å². The number of amides is 1. The second-order valence-corrected chi connectivity index (χ2v) is 7.34. The molecule has 0 aliphatic rings. The average Bonchev–Trinajstić information content (AvgIpc) is 3.02. The van der Waals surface area contributed by atoms with Crippen molar-refractivity contribution in [2.24, 2.45) is 0 Å². The van der Waals surface area contributed by atoms with Gasteiger partial charge in [0.1, 0.15) is 10.6 Å². The molecule has 1 N–H and O–H groups in total. The van der Waals surface area contributed by atoms with Crippen LogP contribution >= 0.6 is 11.3 Å². The molecule has 8 heteroatoms. The molecule has 0 aliphatic heterocycles. The normalized spacial score (nSPS) is 10.4. The second kappa shape index (κ2) is 8.66. The average molecular weight is 410 g/mol. The molecule has 2 aromatic carbocycles. The first-order chi connectivity index (χ1) is 13.9. The quantitative estimate of drug-likeness (QED) is 0.364. The molecular weight excluding hydrogens is 392 g/mol. The van der Waals surface area contributed by atoms with Crippen LogP contribution in [0, 0.1) is 17.0 Å². The van der Waals surface area contributed by atoms with Crippen molar-refractivity contribution < 1.29 is 19.2 Å². The van der Waals surface area contributed by atoms with Crippen molar-refractivity contribution in [3.05, 3.63) is 91.8 Å². The molecule has 3 aromatic rings. The minimum Gasteiger partial charge on any atom is -0.465 e. The molecule has 1 aromatic heterocycles. The Kier molecular flexibility index (Phi) is 6.04. The van der Waals surface area contributed by atoms with E-state index in [1.165, 1.54) is 36.6 Å². The Hall–Kier alpha value is -3.52. The molecule has 0 spiro atoms. The lowest BCUT2D eigenvalue weighted by Crippen LogP contribution is -2.15. The first-order valence-corrected chi connectivity index (χ1v) is 9.53. The highest BCUT2D eigenvalue weighted by Gasteiger charge is 2.26. The van der Waals surface area contributed by atoms with E-state index in [2.05, 4.69) is 5.32 Å². The number of carbonyl (C=O) groups is 2. The SMILES string of the molecule is COC(=O)c1c(NC(=O)c2ccccc2[N+](=O)[O-])sc(Cc2ccccc2)c1C. The maximum atomic E-state index is 12.7. The van der Waals surface area contributed by atoms with Gasteiger partial charge in [-0.05, 0) is 24.1 Å². The number of nitro groups is 1. The Labute approximate surface area is 171 Å². The summed E-state index contributed by atoms with van der Waals surface area (Å²) >= 11 is 1.26. The third-order valence-corrected chi connectivity index (χ3v) is 5.62. The van der Waals surface area contributed by atoms with Gasteiger partial charge in [0.15, 0.2) is 0 Å². The van der Waals surface area contributed by atoms with Crippen molar-refractivity contribution in [2.75, 3.05) is 12.4 Å². The second-order valence-electron chi connectivity index (χ2n) is 6.24. The molecule has 148 valence electrons. The van der Waals surface area contributed by atoms with E-state index in [9.17, 15) is 19.7 Å². The van der Waals surface area contributed by atoms with Crippen molar-refractivity contribution in [1.29, 1.82) is 0 Å². The summed E-state index contributed by atoms with van der Waals surface area (Å²) in [5.41, 5.74) is 1.65. The van der Waals surface area contributed by atoms with Gasteiger partial charge in [-0.25, -0.2) is 4.79 Å². The zero-order chi connectivity index (χ0) is 21.0. The third kappa shape index (κ3) is 4.33. The number of anilines is 1. The number of thiophene rings is 1. The number of esters is 1. The number of para-hydroxylation sites is 1. The number of carbonyl (C=O) groups excluding carboxylic acids is 2. The van der Waals surface area contributed by atoms with E-state index in [1.54, 1.807) is 13.0 Å². The first kappa shape index (κ1) is 20.2. The zero-order valence-corrected chi connectivity index (χ0v) is 16.6. The number of ether oxygens (including phenoxy) is 1. The lowest BCUT2D eigenvalue weighted by molar-refractivity contribution is -0.385. The highest BCUT2D eigenvalue weighted by atomic mass is 32.1. The van der Waals surface area contributed by atoms with Gasteiger partial charge in [0.2, 0.25) is 0 Å². The maximum Gasteiger partial charge on any atom is 0.341 e. The van der Waals surface area contributed by atoms with Crippen LogP contribution in [0.15, 0.2) is 54.6 Å². The third-order valence-electron chi connectivity index (χ3n) is 4.42. The van der Waals surface area contributed by atoms with Gasteiger partial charge in [-0.1, -0.05) is 42.5 Å². The van der Waals surface area contributed by atoms with Gasteiger partial charge >= 0.3 is 5.97 Å². The highest BCUT2D eigenvalue weighted by molar-refractivity contribution is 7.17. The fourth-order valence-electron chi connectivity index (χ4n) is 2.94. The summed E-state index contributed by atoms with van der Waals surface area (Å²) < 4.78 is 4.88. The first-order valence-electron chi connectivity index (χ1n) is 8.71. The molecule has 0 unspecified atom stereocenters. The van der Waals surface area contributed by atoms with Crippen LogP contribution in [0.3, 0.4) is 0 Å². The molecule has 0 saturated heterocycles. The Balaban J connectivity index is 1.98. The molecule has 1 amide bonds. The van der Waals surface area contributed by atoms with Crippen LogP contribution < -0.4 is 5.32 Å². The molecule has 7 nitrogen and oxygen atoms in total. The minimum atomic E-state index is -0.657. The van der Waals surface area contributed by atoms with E-state index in [-0.39, 0.29) is 16.8 Å². The van der Waals surface area contributed by atoms with Gasteiger partial charge in [0.05, 0.1) is 17.6 Å². The Morgan fingerprint density at radius 3 is 2.41 bits per heavy atom. The summed E-state index contributed by atoms with van der Waals surface area (Å²) in [7, 11) is 1.27. The molecule has 0 bridgehead atoms. The number of hydrogen-bond acceptors (Lipinski definition) is 6. The van der Waals surface area contributed by atoms with Gasteiger partial charge in [-0.15, -0.1) is 11.3 Å². The van der Waals surface area contributed by atoms with Gasteiger partial charge < -0.3 is 10.1 Å². The number of nitro benzene ring substituents is 1. The number of hydrogen-bond donors (Lipinski definition) is 1. The predicted octanol–water partition coefficient (Wildman–Crippen LogP) is 4.59. The number of methoxy groups -OCH3 is 1. The maximum absolute atomic E-state index is 12.7. The molecule has 0 fully saturated rings. The monoisotopic (exact) mass is 410 g/mol. The van der Waals surface area contributed by atoms with E-state index in [4.69, 9.17) is 4.74 Å². The molecule has 0 saturated carbocycles. The zero-order valence-electron chi connectivity index (χ0n) is 15.8. The van der Waals surface area contributed by atoms with Crippen molar-refractivity contribution in [1.82, 2.24) is 0 Å². The molecule has 3 rings (SSSR count). The molecule has 0 aliphatic carbocycles. The number of benzene rings is 2. The number of nitrogens with zero attached hydrogens (tertiary/aromatic N) is 1. The van der Waals surface area contributed by atoms with Gasteiger partial charge in [0.25, 0.3) is 11.6 Å². The van der Waals surface area contributed by atoms with Crippen LogP contribution in [-0.2, 0) is 11.2 Å². The van der Waals surface area contributed by atoms with Crippen LogP contribution in [-0.4, -0.2) is 23.9 Å². The highest BCUT2D eigenvalue weighted by Crippen LogP contribution is 2.35. The summed E-state index contributed by atoms with van der Waals surface area (Å²) in [6.07, 6.45) is 0.586. The van der Waals surface area contributed by atoms with Crippen LogP contribution in [0.5, 0.6) is 0 Å². The summed E-state index contributed by atoms with van der Waals surface area (Å²) in [6, 6.07) is 15.4.